The standard InChI is InChI=1S/C20H22FN2OS.BrH/c1-14-5-3-6-18(15(14)2)22-13-20(24,16-7-9-17(21)10-8-16)23-11-4-12-25-19(22)23;/h3,5-10,24H,4,11-13H2,1-2H3;1H/q+1;/p-1. The van der Waals surface area contributed by atoms with E-state index in [-0.39, 0.29) is 22.8 Å². The molecule has 0 radical (unpaired) electrons. The second-order valence-corrected chi connectivity index (χ2v) is 7.83. The van der Waals surface area contributed by atoms with Gasteiger partial charge in [-0.15, -0.1) is 0 Å². The van der Waals surface area contributed by atoms with Crippen molar-refractivity contribution in [3.05, 3.63) is 65.0 Å². The summed E-state index contributed by atoms with van der Waals surface area (Å²) in [5, 5.41) is 12.7. The number of halogens is 2. The van der Waals surface area contributed by atoms with Crippen LogP contribution in [0.25, 0.3) is 0 Å². The van der Waals surface area contributed by atoms with Crippen LogP contribution in [0.3, 0.4) is 0 Å². The molecule has 0 fully saturated rings. The topological polar surface area (TPSA) is 26.5 Å². The highest BCUT2D eigenvalue weighted by molar-refractivity contribution is 8.13. The molecule has 3 nitrogen and oxygen atoms in total. The Labute approximate surface area is 168 Å². The zero-order valence-corrected chi connectivity index (χ0v) is 17.3. The monoisotopic (exact) mass is 436 g/mol. The van der Waals surface area contributed by atoms with Crippen LogP contribution in [0.2, 0.25) is 0 Å². The van der Waals surface area contributed by atoms with Crippen molar-refractivity contribution in [2.24, 2.45) is 0 Å². The Morgan fingerprint density at radius 3 is 2.62 bits per heavy atom. The van der Waals surface area contributed by atoms with Gasteiger partial charge in [0.2, 0.25) is 0 Å². The van der Waals surface area contributed by atoms with E-state index in [1.807, 2.05) is 0 Å². The van der Waals surface area contributed by atoms with E-state index in [2.05, 4.69) is 41.5 Å². The van der Waals surface area contributed by atoms with Gasteiger partial charge in [-0.1, -0.05) is 12.1 Å². The van der Waals surface area contributed by atoms with Crippen LogP contribution < -0.4 is 21.9 Å². The number of hydrogen-bond acceptors (Lipinski definition) is 3. The summed E-state index contributed by atoms with van der Waals surface area (Å²) in [6.07, 6.45) is 1.03. The van der Waals surface area contributed by atoms with Crippen LogP contribution >= 0.6 is 11.8 Å². The van der Waals surface area contributed by atoms with E-state index < -0.39 is 5.72 Å². The number of benzene rings is 2. The molecule has 0 spiro atoms. The number of nitrogens with zero attached hydrogens (tertiary/aromatic N) is 2. The molecule has 1 atom stereocenters. The number of β-amino-alcohol motifs (C(OH)–C–C–N with tert-alkyl or cyclic N) is 1. The molecule has 2 aliphatic rings. The molecule has 1 unspecified atom stereocenters. The third-order valence-electron chi connectivity index (χ3n) is 5.22. The molecule has 1 N–H and O–H groups in total. The molecule has 2 aromatic rings. The molecular formula is C20H22BrFN2OS. The van der Waals surface area contributed by atoms with Crippen molar-refractivity contribution in [1.29, 1.82) is 0 Å². The Hall–Kier alpha value is -1.37. The molecule has 26 heavy (non-hydrogen) atoms. The summed E-state index contributed by atoms with van der Waals surface area (Å²) in [5.74, 6) is 0.765. The van der Waals surface area contributed by atoms with Crippen molar-refractivity contribution in [3.8, 4) is 0 Å². The molecule has 4 rings (SSSR count). The number of anilines is 1. The molecule has 138 valence electrons. The Morgan fingerprint density at radius 1 is 1.15 bits per heavy atom. The van der Waals surface area contributed by atoms with Gasteiger partial charge in [-0.25, -0.2) is 13.9 Å². The van der Waals surface area contributed by atoms with Crippen molar-refractivity contribution in [1.82, 2.24) is 0 Å². The minimum atomic E-state index is -1.13. The third kappa shape index (κ3) is 3.08. The van der Waals surface area contributed by atoms with E-state index in [4.69, 9.17) is 0 Å². The van der Waals surface area contributed by atoms with Gasteiger partial charge in [0, 0.05) is 11.3 Å². The maximum absolute atomic E-state index is 13.4. The number of aliphatic hydroxyl groups is 1. The lowest BCUT2D eigenvalue weighted by Crippen LogP contribution is -3.00. The highest BCUT2D eigenvalue weighted by atomic mass is 79.9. The minimum absolute atomic E-state index is 0. The van der Waals surface area contributed by atoms with Crippen molar-refractivity contribution in [3.63, 3.8) is 0 Å². The van der Waals surface area contributed by atoms with Crippen molar-refractivity contribution < 1.29 is 31.1 Å². The Bertz CT molecular complexity index is 855. The average molecular weight is 437 g/mol. The van der Waals surface area contributed by atoms with Crippen LogP contribution in [0, 0.1) is 19.7 Å². The van der Waals surface area contributed by atoms with Crippen molar-refractivity contribution in [2.45, 2.75) is 26.0 Å². The maximum Gasteiger partial charge on any atom is 0.316 e. The van der Waals surface area contributed by atoms with E-state index in [0.717, 1.165) is 35.1 Å². The second-order valence-electron chi connectivity index (χ2n) is 6.76. The number of rotatable bonds is 2. The summed E-state index contributed by atoms with van der Waals surface area (Å²) < 4.78 is 15.4. The smallest absolute Gasteiger partial charge is 0.316 e. The molecule has 0 saturated heterocycles. The lowest BCUT2D eigenvalue weighted by atomic mass is 10.0. The van der Waals surface area contributed by atoms with Gasteiger partial charge in [0.15, 0.2) is 6.54 Å². The second kappa shape index (κ2) is 7.33. The first kappa shape index (κ1) is 19.4. The van der Waals surface area contributed by atoms with Crippen LogP contribution in [0.5, 0.6) is 0 Å². The maximum atomic E-state index is 13.4. The Balaban J connectivity index is 0.00000196. The average Bonchev–Trinajstić information content (AvgIpc) is 2.92. The van der Waals surface area contributed by atoms with Crippen molar-refractivity contribution in [2.75, 3.05) is 23.7 Å². The molecule has 0 saturated carbocycles. The van der Waals surface area contributed by atoms with Crippen LogP contribution in [-0.4, -0.2) is 33.7 Å². The summed E-state index contributed by atoms with van der Waals surface area (Å²) in [6.45, 7) is 5.48. The largest absolute Gasteiger partial charge is 1.00 e. The minimum Gasteiger partial charge on any atom is -1.00 e. The van der Waals surface area contributed by atoms with E-state index in [0.29, 0.717) is 6.54 Å². The molecule has 0 bridgehead atoms. The van der Waals surface area contributed by atoms with E-state index in [1.165, 1.54) is 23.3 Å². The molecule has 6 heteroatoms. The fourth-order valence-electron chi connectivity index (χ4n) is 3.68. The predicted molar refractivity (Wildman–Crippen MR) is 101 cm³/mol. The summed E-state index contributed by atoms with van der Waals surface area (Å²) >= 11 is 1.79. The summed E-state index contributed by atoms with van der Waals surface area (Å²) in [6, 6.07) is 12.5. The first-order valence-corrected chi connectivity index (χ1v) is 9.59. The van der Waals surface area contributed by atoms with E-state index >= 15 is 0 Å². The summed E-state index contributed by atoms with van der Waals surface area (Å²) in [4.78, 5) is 2.22. The summed E-state index contributed by atoms with van der Waals surface area (Å²) in [7, 11) is 0. The van der Waals surface area contributed by atoms with Crippen molar-refractivity contribution >= 4 is 22.6 Å². The normalized spacial score (nSPS) is 22.2. The van der Waals surface area contributed by atoms with Gasteiger partial charge in [-0.05, 0) is 73.5 Å². The zero-order chi connectivity index (χ0) is 17.6. The van der Waals surface area contributed by atoms with E-state index in [1.54, 1.807) is 23.9 Å². The van der Waals surface area contributed by atoms with Gasteiger partial charge >= 0.3 is 5.17 Å². The fraction of sp³-hybridized carbons (Fsp3) is 0.350. The molecular weight excluding hydrogens is 415 g/mol. The molecule has 0 amide bonds. The lowest BCUT2D eigenvalue weighted by molar-refractivity contribution is -0.656. The van der Waals surface area contributed by atoms with E-state index in [9.17, 15) is 9.50 Å². The van der Waals surface area contributed by atoms with Gasteiger partial charge in [0.05, 0.1) is 6.54 Å². The third-order valence-corrected chi connectivity index (χ3v) is 6.41. The quantitative estimate of drug-likeness (QED) is 0.698. The van der Waals surface area contributed by atoms with Crippen LogP contribution in [0.1, 0.15) is 23.1 Å². The number of thioether (sulfide) groups is 1. The predicted octanol–water partition coefficient (Wildman–Crippen LogP) is 0.617. The van der Waals surface area contributed by atoms with Gasteiger partial charge < -0.3 is 22.1 Å². The van der Waals surface area contributed by atoms with Crippen LogP contribution in [0.15, 0.2) is 42.5 Å². The van der Waals surface area contributed by atoms with Crippen LogP contribution in [-0.2, 0) is 5.72 Å². The van der Waals surface area contributed by atoms with Crippen LogP contribution in [0.4, 0.5) is 10.1 Å². The van der Waals surface area contributed by atoms with Gasteiger partial charge in [0.25, 0.3) is 5.72 Å². The Morgan fingerprint density at radius 2 is 1.88 bits per heavy atom. The molecule has 2 aliphatic heterocycles. The first-order chi connectivity index (χ1) is 12.0. The molecule has 2 aromatic carbocycles. The summed E-state index contributed by atoms with van der Waals surface area (Å²) in [5.41, 5.74) is 3.20. The molecule has 0 aliphatic carbocycles. The highest BCUT2D eigenvalue weighted by Gasteiger charge is 2.53. The van der Waals surface area contributed by atoms with Gasteiger partial charge in [-0.2, -0.15) is 0 Å². The SMILES string of the molecule is Cc1cccc(N2CC(O)(c3ccc(F)cc3)[N+]3=C2SCCC3)c1C.[Br-]. The Kier molecular flexibility index (Phi) is 5.47. The highest BCUT2D eigenvalue weighted by Crippen LogP contribution is 2.38. The molecule has 2 heterocycles. The van der Waals surface area contributed by atoms with Gasteiger partial charge in [0.1, 0.15) is 11.5 Å². The fourth-order valence-corrected chi connectivity index (χ4v) is 4.85. The number of hydrogen-bond donors (Lipinski definition) is 1. The number of amidine groups is 1. The van der Waals surface area contributed by atoms with Gasteiger partial charge in [-0.3, -0.25) is 0 Å². The molecule has 0 aromatic heterocycles. The number of aryl methyl sites for hydroxylation is 1. The lowest BCUT2D eigenvalue weighted by Gasteiger charge is -2.24. The zero-order valence-electron chi connectivity index (χ0n) is 14.9. The first-order valence-electron chi connectivity index (χ1n) is 8.60.